The van der Waals surface area contributed by atoms with E-state index in [-0.39, 0.29) is 23.9 Å². The maximum absolute atomic E-state index is 12.6. The molecule has 1 saturated heterocycles. The third kappa shape index (κ3) is 4.68. The first-order valence-corrected chi connectivity index (χ1v) is 10.1. The molecule has 3 amide bonds. The van der Waals surface area contributed by atoms with Gasteiger partial charge >= 0.3 is 6.03 Å². The quantitative estimate of drug-likeness (QED) is 0.759. The number of rotatable bonds is 6. The number of carbonyl (C=O) groups is 2. The third-order valence-electron chi connectivity index (χ3n) is 4.92. The smallest absolute Gasteiger partial charge is 0.323 e. The lowest BCUT2D eigenvalue weighted by atomic mass is 9.93. The number of anilines is 1. The number of urea groups is 1. The van der Waals surface area contributed by atoms with Crippen LogP contribution in [0.5, 0.6) is 0 Å². The van der Waals surface area contributed by atoms with E-state index in [1.165, 1.54) is 24.2 Å². The summed E-state index contributed by atoms with van der Waals surface area (Å²) in [6.07, 6.45) is 6.04. The SMILES string of the molecule is CCCCNC(=O)C1CCC(C)N(C(=O)Nc2nnc(C3CC3)s2)C1. The van der Waals surface area contributed by atoms with Crippen molar-refractivity contribution in [1.29, 1.82) is 0 Å². The zero-order valence-corrected chi connectivity index (χ0v) is 15.8. The highest BCUT2D eigenvalue weighted by Crippen LogP contribution is 2.42. The molecule has 1 aromatic rings. The van der Waals surface area contributed by atoms with E-state index < -0.39 is 0 Å². The van der Waals surface area contributed by atoms with E-state index in [1.807, 2.05) is 6.92 Å². The molecule has 1 aliphatic carbocycles. The number of nitrogens with zero attached hydrogens (tertiary/aromatic N) is 3. The Hall–Kier alpha value is -1.70. The summed E-state index contributed by atoms with van der Waals surface area (Å²) < 4.78 is 0. The minimum absolute atomic E-state index is 0.0603. The molecule has 1 saturated carbocycles. The van der Waals surface area contributed by atoms with Crippen LogP contribution in [-0.4, -0.2) is 46.2 Å². The number of likely N-dealkylation sites (tertiary alicyclic amines) is 1. The second kappa shape index (κ2) is 8.12. The van der Waals surface area contributed by atoms with E-state index in [0.717, 1.165) is 30.7 Å². The lowest BCUT2D eigenvalue weighted by Gasteiger charge is -2.37. The first-order chi connectivity index (χ1) is 12.1. The Morgan fingerprint density at radius 3 is 2.76 bits per heavy atom. The Morgan fingerprint density at radius 2 is 2.04 bits per heavy atom. The molecule has 7 nitrogen and oxygen atoms in total. The second-order valence-electron chi connectivity index (χ2n) is 7.07. The average molecular weight is 366 g/mol. The van der Waals surface area contributed by atoms with Crippen LogP contribution in [0.15, 0.2) is 0 Å². The van der Waals surface area contributed by atoms with Crippen LogP contribution in [0.1, 0.15) is 63.3 Å². The summed E-state index contributed by atoms with van der Waals surface area (Å²) in [5.41, 5.74) is 0. The van der Waals surface area contributed by atoms with Crippen molar-refractivity contribution in [2.24, 2.45) is 5.92 Å². The monoisotopic (exact) mass is 365 g/mol. The molecule has 2 atom stereocenters. The second-order valence-corrected chi connectivity index (χ2v) is 8.08. The first-order valence-electron chi connectivity index (χ1n) is 9.27. The molecule has 2 fully saturated rings. The van der Waals surface area contributed by atoms with E-state index in [4.69, 9.17) is 0 Å². The van der Waals surface area contributed by atoms with Crippen LogP contribution < -0.4 is 10.6 Å². The van der Waals surface area contributed by atoms with Crippen molar-refractivity contribution in [3.63, 3.8) is 0 Å². The Morgan fingerprint density at radius 1 is 1.24 bits per heavy atom. The van der Waals surface area contributed by atoms with Crippen LogP contribution in [0, 0.1) is 5.92 Å². The summed E-state index contributed by atoms with van der Waals surface area (Å²) in [4.78, 5) is 26.7. The van der Waals surface area contributed by atoms with Gasteiger partial charge in [-0.2, -0.15) is 0 Å². The number of hydrogen-bond donors (Lipinski definition) is 2. The molecule has 25 heavy (non-hydrogen) atoms. The van der Waals surface area contributed by atoms with Gasteiger partial charge in [-0.1, -0.05) is 24.7 Å². The normalized spacial score (nSPS) is 23.4. The van der Waals surface area contributed by atoms with E-state index in [2.05, 4.69) is 27.8 Å². The van der Waals surface area contributed by atoms with Crippen LogP contribution in [0.2, 0.25) is 0 Å². The minimum Gasteiger partial charge on any atom is -0.356 e. The predicted octanol–water partition coefficient (Wildman–Crippen LogP) is 2.96. The van der Waals surface area contributed by atoms with Gasteiger partial charge in [-0.05, 0) is 39.0 Å². The highest BCUT2D eigenvalue weighted by Gasteiger charge is 2.33. The van der Waals surface area contributed by atoms with Gasteiger partial charge in [0.25, 0.3) is 0 Å². The highest BCUT2D eigenvalue weighted by molar-refractivity contribution is 7.15. The number of hydrogen-bond acceptors (Lipinski definition) is 5. The summed E-state index contributed by atoms with van der Waals surface area (Å²) in [6, 6.07) is -0.0624. The van der Waals surface area contributed by atoms with Crippen molar-refractivity contribution >= 4 is 28.4 Å². The zero-order chi connectivity index (χ0) is 17.8. The summed E-state index contributed by atoms with van der Waals surface area (Å²) in [6.45, 7) is 5.30. The van der Waals surface area contributed by atoms with Crippen LogP contribution in [-0.2, 0) is 4.79 Å². The molecule has 8 heteroatoms. The number of nitrogens with one attached hydrogen (secondary N) is 2. The molecule has 2 N–H and O–H groups in total. The van der Waals surface area contributed by atoms with Crippen molar-refractivity contribution in [2.75, 3.05) is 18.4 Å². The third-order valence-corrected chi connectivity index (χ3v) is 5.93. The van der Waals surface area contributed by atoms with Crippen molar-refractivity contribution in [2.45, 2.75) is 64.3 Å². The average Bonchev–Trinajstić information content (AvgIpc) is 3.35. The number of amides is 3. The Kier molecular flexibility index (Phi) is 5.88. The minimum atomic E-state index is -0.183. The molecule has 3 rings (SSSR count). The molecule has 1 aliphatic heterocycles. The van der Waals surface area contributed by atoms with Crippen LogP contribution >= 0.6 is 11.3 Å². The fourth-order valence-electron chi connectivity index (χ4n) is 3.08. The van der Waals surface area contributed by atoms with Crippen molar-refractivity contribution in [3.05, 3.63) is 5.01 Å². The molecule has 1 aromatic heterocycles. The molecule has 2 heterocycles. The molecular formula is C17H27N5O2S. The van der Waals surface area contributed by atoms with Crippen molar-refractivity contribution in [3.8, 4) is 0 Å². The lowest BCUT2D eigenvalue weighted by Crippen LogP contribution is -2.50. The molecular weight excluding hydrogens is 338 g/mol. The van der Waals surface area contributed by atoms with E-state index in [1.54, 1.807) is 4.90 Å². The molecule has 0 spiro atoms. The molecule has 2 aliphatic rings. The van der Waals surface area contributed by atoms with Crippen LogP contribution in [0.25, 0.3) is 0 Å². The van der Waals surface area contributed by atoms with Gasteiger partial charge in [0, 0.05) is 25.0 Å². The zero-order valence-electron chi connectivity index (χ0n) is 15.0. The van der Waals surface area contributed by atoms with Gasteiger partial charge < -0.3 is 10.2 Å². The fraction of sp³-hybridized carbons (Fsp3) is 0.765. The topological polar surface area (TPSA) is 87.2 Å². The largest absolute Gasteiger partial charge is 0.356 e. The maximum Gasteiger partial charge on any atom is 0.323 e. The highest BCUT2D eigenvalue weighted by atomic mass is 32.1. The fourth-order valence-corrected chi connectivity index (χ4v) is 3.98. The Labute approximate surface area is 152 Å². The van der Waals surface area contributed by atoms with Crippen LogP contribution in [0.4, 0.5) is 9.93 Å². The van der Waals surface area contributed by atoms with E-state index in [0.29, 0.717) is 24.1 Å². The predicted molar refractivity (Wildman–Crippen MR) is 97.7 cm³/mol. The summed E-state index contributed by atoms with van der Waals surface area (Å²) in [5.74, 6) is 0.466. The number of unbranched alkanes of at least 4 members (excludes halogenated alkanes) is 1. The Bertz CT molecular complexity index is 616. The number of aromatic nitrogens is 2. The van der Waals surface area contributed by atoms with E-state index >= 15 is 0 Å². The molecule has 2 unspecified atom stereocenters. The number of carbonyl (C=O) groups excluding carboxylic acids is 2. The van der Waals surface area contributed by atoms with Gasteiger partial charge in [0.2, 0.25) is 11.0 Å². The lowest BCUT2D eigenvalue weighted by molar-refractivity contribution is -0.126. The van der Waals surface area contributed by atoms with Gasteiger partial charge in [-0.3, -0.25) is 10.1 Å². The summed E-state index contributed by atoms with van der Waals surface area (Å²) in [5, 5.41) is 15.6. The maximum atomic E-state index is 12.6. The van der Waals surface area contributed by atoms with Gasteiger partial charge in [0.05, 0.1) is 5.92 Å². The summed E-state index contributed by atoms with van der Waals surface area (Å²) >= 11 is 1.46. The van der Waals surface area contributed by atoms with Gasteiger partial charge in [-0.15, -0.1) is 10.2 Å². The van der Waals surface area contributed by atoms with Crippen molar-refractivity contribution in [1.82, 2.24) is 20.4 Å². The van der Waals surface area contributed by atoms with Gasteiger partial charge in [0.15, 0.2) is 0 Å². The van der Waals surface area contributed by atoms with Gasteiger partial charge in [0.1, 0.15) is 5.01 Å². The molecule has 0 bridgehead atoms. The van der Waals surface area contributed by atoms with Gasteiger partial charge in [-0.25, -0.2) is 4.79 Å². The number of piperidine rings is 1. The first kappa shape index (κ1) is 18.1. The Balaban J connectivity index is 1.54. The van der Waals surface area contributed by atoms with Crippen LogP contribution in [0.3, 0.4) is 0 Å². The summed E-state index contributed by atoms with van der Waals surface area (Å²) in [7, 11) is 0. The molecule has 0 radical (unpaired) electrons. The molecule has 0 aromatic carbocycles. The van der Waals surface area contributed by atoms with E-state index in [9.17, 15) is 9.59 Å². The van der Waals surface area contributed by atoms with Crippen molar-refractivity contribution < 1.29 is 9.59 Å². The molecule has 138 valence electrons. The standard InChI is InChI=1S/C17H27N5O2S/c1-3-4-9-18-14(23)13-6-5-11(2)22(10-13)17(24)19-16-21-20-15(25-16)12-7-8-12/h11-13H,3-10H2,1-2H3,(H,18,23)(H,19,21,24).